The van der Waals surface area contributed by atoms with Crippen LogP contribution in [-0.4, -0.2) is 57.6 Å². The zero-order chi connectivity index (χ0) is 13.6. The first-order valence-corrected chi connectivity index (χ1v) is 6.30. The predicted molar refractivity (Wildman–Crippen MR) is 66.7 cm³/mol. The molecule has 2 unspecified atom stereocenters. The second-order valence-electron chi connectivity index (χ2n) is 5.08. The molecule has 5 heteroatoms. The molecule has 0 spiro atoms. The van der Waals surface area contributed by atoms with E-state index in [4.69, 9.17) is 18.9 Å². The van der Waals surface area contributed by atoms with Crippen molar-refractivity contribution >= 4 is 5.78 Å². The largest absolute Gasteiger partial charge is 0.382 e. The molecule has 5 nitrogen and oxygen atoms in total. The van der Waals surface area contributed by atoms with Crippen LogP contribution in [0.4, 0.5) is 0 Å². The summed E-state index contributed by atoms with van der Waals surface area (Å²) in [6.07, 6.45) is 0.720. The van der Waals surface area contributed by atoms with E-state index in [0.29, 0.717) is 26.2 Å². The van der Waals surface area contributed by atoms with Crippen molar-refractivity contribution in [2.75, 3.05) is 34.0 Å². The smallest absolute Gasteiger partial charge is 0.166 e. The number of carbonyl (C=O) groups excluding carboxylic acids is 1. The van der Waals surface area contributed by atoms with Gasteiger partial charge in [-0.3, -0.25) is 4.79 Å². The van der Waals surface area contributed by atoms with Gasteiger partial charge in [-0.2, -0.15) is 0 Å². The maximum absolute atomic E-state index is 11.4. The van der Waals surface area contributed by atoms with Gasteiger partial charge in [0, 0.05) is 27.2 Å². The predicted octanol–water partition coefficient (Wildman–Crippen LogP) is 1.19. The maximum atomic E-state index is 11.4. The van der Waals surface area contributed by atoms with Crippen molar-refractivity contribution < 1.29 is 23.7 Å². The molecule has 1 saturated carbocycles. The fourth-order valence-corrected chi connectivity index (χ4v) is 1.63. The van der Waals surface area contributed by atoms with Crippen molar-refractivity contribution in [3.8, 4) is 0 Å². The molecule has 0 saturated heterocycles. The lowest BCUT2D eigenvalue weighted by atomic mass is 9.90. The fraction of sp³-hybridized carbons (Fsp3) is 0.923. The zero-order valence-corrected chi connectivity index (χ0v) is 11.7. The molecule has 0 aliphatic heterocycles. The molecule has 0 radical (unpaired) electrons. The van der Waals surface area contributed by atoms with Gasteiger partial charge in [-0.1, -0.05) is 0 Å². The monoisotopic (exact) mass is 260 g/mol. The number of rotatable bonds is 9. The van der Waals surface area contributed by atoms with E-state index in [9.17, 15) is 4.79 Å². The van der Waals surface area contributed by atoms with E-state index in [1.165, 1.54) is 0 Å². The van der Waals surface area contributed by atoms with Crippen molar-refractivity contribution in [1.82, 2.24) is 0 Å². The number of hydrogen-bond acceptors (Lipinski definition) is 5. The van der Waals surface area contributed by atoms with Crippen molar-refractivity contribution in [2.24, 2.45) is 0 Å². The fourth-order valence-electron chi connectivity index (χ4n) is 1.63. The number of methoxy groups -OCH3 is 2. The Morgan fingerprint density at radius 1 is 1.17 bits per heavy atom. The van der Waals surface area contributed by atoms with Crippen LogP contribution < -0.4 is 0 Å². The van der Waals surface area contributed by atoms with Gasteiger partial charge in [0.25, 0.3) is 0 Å². The van der Waals surface area contributed by atoms with Gasteiger partial charge in [0.05, 0.1) is 24.9 Å². The van der Waals surface area contributed by atoms with Crippen LogP contribution in [0, 0.1) is 0 Å². The van der Waals surface area contributed by atoms with Crippen LogP contribution in [0.15, 0.2) is 0 Å². The van der Waals surface area contributed by atoms with E-state index in [2.05, 4.69) is 0 Å². The Balaban J connectivity index is 2.20. The molecule has 1 aliphatic rings. The molecule has 1 fully saturated rings. The first-order chi connectivity index (χ1) is 8.50. The zero-order valence-electron chi connectivity index (χ0n) is 11.7. The van der Waals surface area contributed by atoms with Crippen LogP contribution in [0.5, 0.6) is 0 Å². The second kappa shape index (κ2) is 7.19. The third kappa shape index (κ3) is 4.65. The summed E-state index contributed by atoms with van der Waals surface area (Å²) in [6.45, 7) is 5.51. The quantitative estimate of drug-likeness (QED) is 0.583. The Bertz CT molecular complexity index is 264. The first kappa shape index (κ1) is 15.6. The molecule has 1 aliphatic carbocycles. The summed E-state index contributed by atoms with van der Waals surface area (Å²) in [5.41, 5.74) is -0.194. The molecule has 2 atom stereocenters. The van der Waals surface area contributed by atoms with Gasteiger partial charge in [0.15, 0.2) is 5.78 Å². The number of Topliss-reactive ketones (excluding diaryl/α,β-unsaturated/α-hetero) is 1. The van der Waals surface area contributed by atoms with Gasteiger partial charge in [-0.05, 0) is 20.3 Å². The van der Waals surface area contributed by atoms with E-state index < -0.39 is 6.10 Å². The van der Waals surface area contributed by atoms with Crippen LogP contribution in [0.2, 0.25) is 0 Å². The molecule has 106 valence electrons. The molecular weight excluding hydrogens is 236 g/mol. The molecule has 18 heavy (non-hydrogen) atoms. The highest BCUT2D eigenvalue weighted by Crippen LogP contribution is 2.24. The summed E-state index contributed by atoms with van der Waals surface area (Å²) in [5.74, 6) is 0.113. The van der Waals surface area contributed by atoms with Crippen molar-refractivity contribution in [3.05, 3.63) is 0 Å². The minimum absolute atomic E-state index is 0.109. The SMILES string of the molecule is COCCOC1C(=O)CC1OCCC(C)(C)OC. The molecule has 0 bridgehead atoms. The molecule has 0 N–H and O–H groups in total. The lowest BCUT2D eigenvalue weighted by Gasteiger charge is -2.35. The van der Waals surface area contributed by atoms with Crippen LogP contribution >= 0.6 is 0 Å². The number of ketones is 1. The Hall–Kier alpha value is -0.490. The van der Waals surface area contributed by atoms with Crippen molar-refractivity contribution in [2.45, 2.75) is 44.5 Å². The number of ether oxygens (including phenoxy) is 4. The summed E-state index contributed by atoms with van der Waals surface area (Å²) in [6, 6.07) is 0. The third-order valence-electron chi connectivity index (χ3n) is 3.23. The highest BCUT2D eigenvalue weighted by Gasteiger charge is 2.41. The Labute approximate surface area is 109 Å². The normalized spacial score (nSPS) is 24.1. The van der Waals surface area contributed by atoms with E-state index in [0.717, 1.165) is 6.42 Å². The summed E-state index contributed by atoms with van der Waals surface area (Å²) in [7, 11) is 3.29. The van der Waals surface area contributed by atoms with Crippen LogP contribution in [-0.2, 0) is 23.7 Å². The Morgan fingerprint density at radius 2 is 1.89 bits per heavy atom. The van der Waals surface area contributed by atoms with Crippen LogP contribution in [0.3, 0.4) is 0 Å². The number of hydrogen-bond donors (Lipinski definition) is 0. The molecule has 0 amide bonds. The maximum Gasteiger partial charge on any atom is 0.166 e. The topological polar surface area (TPSA) is 54.0 Å². The van der Waals surface area contributed by atoms with E-state index in [-0.39, 0.29) is 17.5 Å². The minimum atomic E-state index is -0.411. The van der Waals surface area contributed by atoms with Crippen molar-refractivity contribution in [3.63, 3.8) is 0 Å². The Kier molecular flexibility index (Phi) is 6.21. The molecule has 0 aromatic carbocycles. The lowest BCUT2D eigenvalue weighted by Crippen LogP contribution is -2.51. The summed E-state index contributed by atoms with van der Waals surface area (Å²) < 4.78 is 21.3. The van der Waals surface area contributed by atoms with Crippen molar-refractivity contribution in [1.29, 1.82) is 0 Å². The van der Waals surface area contributed by atoms with Gasteiger partial charge in [-0.25, -0.2) is 0 Å². The molecule has 0 aromatic heterocycles. The third-order valence-corrected chi connectivity index (χ3v) is 3.23. The summed E-state index contributed by atoms with van der Waals surface area (Å²) in [4.78, 5) is 11.4. The summed E-state index contributed by atoms with van der Waals surface area (Å²) in [5, 5.41) is 0. The van der Waals surface area contributed by atoms with E-state index >= 15 is 0 Å². The van der Waals surface area contributed by atoms with Gasteiger partial charge < -0.3 is 18.9 Å². The first-order valence-electron chi connectivity index (χ1n) is 6.30. The average molecular weight is 260 g/mol. The summed E-state index contributed by atoms with van der Waals surface area (Å²) >= 11 is 0. The average Bonchev–Trinajstić information content (AvgIpc) is 2.33. The van der Waals surface area contributed by atoms with Gasteiger partial charge >= 0.3 is 0 Å². The van der Waals surface area contributed by atoms with Gasteiger partial charge in [-0.15, -0.1) is 0 Å². The van der Waals surface area contributed by atoms with Crippen LogP contribution in [0.25, 0.3) is 0 Å². The molecule has 0 heterocycles. The highest BCUT2D eigenvalue weighted by molar-refractivity contribution is 5.90. The Morgan fingerprint density at radius 3 is 2.44 bits per heavy atom. The minimum Gasteiger partial charge on any atom is -0.382 e. The van der Waals surface area contributed by atoms with E-state index in [1.807, 2.05) is 13.8 Å². The molecule has 0 aromatic rings. The lowest BCUT2D eigenvalue weighted by molar-refractivity contribution is -0.169. The van der Waals surface area contributed by atoms with Crippen LogP contribution in [0.1, 0.15) is 26.7 Å². The van der Waals surface area contributed by atoms with Gasteiger partial charge in [0.2, 0.25) is 0 Å². The standard InChI is InChI=1S/C13H24O5/c1-13(2,16-4)5-6-17-11-9-10(14)12(11)18-8-7-15-3/h11-12H,5-9H2,1-4H3. The van der Waals surface area contributed by atoms with E-state index in [1.54, 1.807) is 14.2 Å². The second-order valence-corrected chi connectivity index (χ2v) is 5.08. The van der Waals surface area contributed by atoms with Gasteiger partial charge in [0.1, 0.15) is 6.10 Å². The molecule has 1 rings (SSSR count). The highest BCUT2D eigenvalue weighted by atomic mass is 16.6. The number of carbonyl (C=O) groups is 1. The molecular formula is C13H24O5.